The van der Waals surface area contributed by atoms with E-state index in [1.54, 1.807) is 35.1 Å². The number of halogens is 1. The average Bonchev–Trinajstić information content (AvgIpc) is 2.97. The molecule has 0 aromatic carbocycles. The number of hydrogen-bond donors (Lipinski definition) is 1. The molecule has 0 amide bonds. The van der Waals surface area contributed by atoms with Crippen LogP contribution in [0.15, 0.2) is 45.7 Å². The molecule has 1 N–H and O–H groups in total. The van der Waals surface area contributed by atoms with Crippen molar-refractivity contribution in [1.82, 2.24) is 9.38 Å². The first-order chi connectivity index (χ1) is 8.68. The lowest BCUT2D eigenvalue weighted by atomic mass is 10.2. The van der Waals surface area contributed by atoms with Gasteiger partial charge in [0, 0.05) is 6.20 Å². The maximum Gasteiger partial charge on any atom is 0.337 e. The Labute approximate surface area is 110 Å². The minimum absolute atomic E-state index is 0.190. The highest BCUT2D eigenvalue weighted by molar-refractivity contribution is 9.10. The zero-order valence-electron chi connectivity index (χ0n) is 9.00. The summed E-state index contributed by atoms with van der Waals surface area (Å²) in [6.07, 6.45) is 3.29. The largest absolute Gasteiger partial charge is 0.478 e. The van der Waals surface area contributed by atoms with Crippen LogP contribution in [0.2, 0.25) is 0 Å². The van der Waals surface area contributed by atoms with Gasteiger partial charge in [-0.2, -0.15) is 0 Å². The van der Waals surface area contributed by atoms with Crippen molar-refractivity contribution in [3.63, 3.8) is 0 Å². The van der Waals surface area contributed by atoms with E-state index < -0.39 is 5.97 Å². The standard InChI is InChI=1S/C12H7BrN2O3/c13-10-9-7(12(16)17)3-1-5-15(9)11(14-10)8-4-2-6-18-8/h1-6H,(H,16,17). The van der Waals surface area contributed by atoms with Crippen LogP contribution in [0, 0.1) is 0 Å². The Hall–Kier alpha value is -2.08. The van der Waals surface area contributed by atoms with E-state index in [-0.39, 0.29) is 5.56 Å². The normalized spacial score (nSPS) is 10.9. The summed E-state index contributed by atoms with van der Waals surface area (Å²) < 4.78 is 7.46. The molecule has 3 aromatic heterocycles. The van der Waals surface area contributed by atoms with E-state index in [2.05, 4.69) is 20.9 Å². The maximum absolute atomic E-state index is 11.2. The SMILES string of the molecule is O=C(O)c1cccn2c(-c3ccco3)nc(Br)c12. The second-order valence-electron chi connectivity index (χ2n) is 3.65. The summed E-state index contributed by atoms with van der Waals surface area (Å²) in [4.78, 5) is 15.5. The van der Waals surface area contributed by atoms with Crippen LogP contribution in [0.1, 0.15) is 10.4 Å². The number of furan rings is 1. The molecular weight excluding hydrogens is 300 g/mol. The molecule has 0 aliphatic rings. The molecule has 0 aliphatic heterocycles. The minimum atomic E-state index is -0.993. The highest BCUT2D eigenvalue weighted by Gasteiger charge is 2.18. The van der Waals surface area contributed by atoms with Crippen molar-refractivity contribution < 1.29 is 14.3 Å². The van der Waals surface area contributed by atoms with Crippen molar-refractivity contribution >= 4 is 27.4 Å². The third-order valence-corrected chi connectivity index (χ3v) is 3.15. The first-order valence-corrected chi connectivity index (χ1v) is 5.91. The molecule has 0 saturated heterocycles. The zero-order valence-corrected chi connectivity index (χ0v) is 10.6. The van der Waals surface area contributed by atoms with Gasteiger partial charge in [-0.05, 0) is 40.2 Å². The van der Waals surface area contributed by atoms with Crippen LogP contribution in [0.4, 0.5) is 0 Å². The van der Waals surface area contributed by atoms with Crippen LogP contribution < -0.4 is 0 Å². The summed E-state index contributed by atoms with van der Waals surface area (Å²) in [6.45, 7) is 0. The number of carbonyl (C=O) groups is 1. The summed E-state index contributed by atoms with van der Waals surface area (Å²) in [5.74, 6) is 0.149. The lowest BCUT2D eigenvalue weighted by Crippen LogP contribution is -2.00. The fourth-order valence-electron chi connectivity index (χ4n) is 1.85. The number of imidazole rings is 1. The summed E-state index contributed by atoms with van der Waals surface area (Å²) in [5.41, 5.74) is 0.700. The molecule has 3 heterocycles. The fourth-order valence-corrected chi connectivity index (χ4v) is 2.42. The molecule has 5 nitrogen and oxygen atoms in total. The van der Waals surface area contributed by atoms with Crippen LogP contribution in [-0.4, -0.2) is 20.5 Å². The monoisotopic (exact) mass is 306 g/mol. The Bertz CT molecular complexity index is 731. The first kappa shape index (κ1) is 11.0. The van der Waals surface area contributed by atoms with E-state index in [9.17, 15) is 4.79 Å². The second-order valence-corrected chi connectivity index (χ2v) is 4.40. The van der Waals surface area contributed by atoms with Crippen LogP contribution in [0.5, 0.6) is 0 Å². The van der Waals surface area contributed by atoms with E-state index in [1.807, 2.05) is 0 Å². The minimum Gasteiger partial charge on any atom is -0.478 e. The molecule has 0 bridgehead atoms. The molecule has 0 radical (unpaired) electrons. The van der Waals surface area contributed by atoms with Gasteiger partial charge in [0.05, 0.1) is 17.3 Å². The van der Waals surface area contributed by atoms with E-state index >= 15 is 0 Å². The van der Waals surface area contributed by atoms with Crippen molar-refractivity contribution in [2.75, 3.05) is 0 Å². The predicted molar refractivity (Wildman–Crippen MR) is 67.6 cm³/mol. The Balaban J connectivity index is 2.38. The van der Waals surface area contributed by atoms with E-state index in [0.29, 0.717) is 21.7 Å². The zero-order chi connectivity index (χ0) is 12.7. The number of aromatic carboxylic acids is 1. The average molecular weight is 307 g/mol. The number of rotatable bonds is 2. The van der Waals surface area contributed by atoms with Gasteiger partial charge in [-0.15, -0.1) is 0 Å². The summed E-state index contributed by atoms with van der Waals surface area (Å²) in [7, 11) is 0. The van der Waals surface area contributed by atoms with Gasteiger partial charge in [0.1, 0.15) is 4.60 Å². The smallest absolute Gasteiger partial charge is 0.337 e. The third kappa shape index (κ3) is 1.53. The van der Waals surface area contributed by atoms with Gasteiger partial charge in [0.2, 0.25) is 0 Å². The van der Waals surface area contributed by atoms with Crippen molar-refractivity contribution in [2.24, 2.45) is 0 Å². The topological polar surface area (TPSA) is 67.7 Å². The van der Waals surface area contributed by atoms with Gasteiger partial charge in [0.25, 0.3) is 0 Å². The molecule has 0 spiro atoms. The lowest BCUT2D eigenvalue weighted by Gasteiger charge is -2.00. The lowest BCUT2D eigenvalue weighted by molar-refractivity contribution is 0.0698. The van der Waals surface area contributed by atoms with Gasteiger partial charge in [-0.1, -0.05) is 0 Å². The van der Waals surface area contributed by atoms with Crippen molar-refractivity contribution in [2.45, 2.75) is 0 Å². The number of nitrogens with zero attached hydrogens (tertiary/aromatic N) is 2. The molecule has 0 aliphatic carbocycles. The van der Waals surface area contributed by atoms with Crippen LogP contribution in [-0.2, 0) is 0 Å². The Morgan fingerprint density at radius 1 is 1.39 bits per heavy atom. The third-order valence-electron chi connectivity index (χ3n) is 2.59. The number of hydrogen-bond acceptors (Lipinski definition) is 3. The number of fused-ring (bicyclic) bond motifs is 1. The number of carboxylic acid groups (broad SMARTS) is 1. The quantitative estimate of drug-likeness (QED) is 0.790. The summed E-state index contributed by atoms with van der Waals surface area (Å²) in [5, 5.41) is 9.16. The highest BCUT2D eigenvalue weighted by Crippen LogP contribution is 2.28. The molecule has 18 heavy (non-hydrogen) atoms. The van der Waals surface area contributed by atoms with E-state index in [4.69, 9.17) is 9.52 Å². The number of pyridine rings is 1. The molecule has 90 valence electrons. The summed E-state index contributed by atoms with van der Waals surface area (Å²) >= 11 is 3.29. The number of carboxylic acids is 1. The molecule has 3 rings (SSSR count). The molecule has 0 saturated carbocycles. The van der Waals surface area contributed by atoms with Gasteiger partial charge < -0.3 is 9.52 Å². The molecule has 3 aromatic rings. The van der Waals surface area contributed by atoms with Gasteiger partial charge in [-0.25, -0.2) is 9.78 Å². The Morgan fingerprint density at radius 3 is 2.89 bits per heavy atom. The summed E-state index contributed by atoms with van der Waals surface area (Å²) in [6, 6.07) is 6.73. The molecule has 0 atom stereocenters. The molecular formula is C12H7BrN2O3. The van der Waals surface area contributed by atoms with Crippen molar-refractivity contribution in [3.8, 4) is 11.6 Å². The van der Waals surface area contributed by atoms with E-state index in [1.165, 1.54) is 6.07 Å². The Kier molecular flexibility index (Phi) is 2.45. The maximum atomic E-state index is 11.2. The van der Waals surface area contributed by atoms with Crippen molar-refractivity contribution in [3.05, 3.63) is 46.9 Å². The number of aromatic nitrogens is 2. The molecule has 0 unspecified atom stereocenters. The van der Waals surface area contributed by atoms with Crippen LogP contribution in [0.25, 0.3) is 17.1 Å². The molecule has 6 heteroatoms. The van der Waals surface area contributed by atoms with Gasteiger partial charge in [0.15, 0.2) is 11.6 Å². The predicted octanol–water partition coefficient (Wildman–Crippen LogP) is 3.06. The Morgan fingerprint density at radius 2 is 2.22 bits per heavy atom. The van der Waals surface area contributed by atoms with Crippen LogP contribution in [0.3, 0.4) is 0 Å². The van der Waals surface area contributed by atoms with Gasteiger partial charge >= 0.3 is 5.97 Å². The second kappa shape index (κ2) is 3.99. The van der Waals surface area contributed by atoms with Crippen LogP contribution >= 0.6 is 15.9 Å². The van der Waals surface area contributed by atoms with Crippen molar-refractivity contribution in [1.29, 1.82) is 0 Å². The fraction of sp³-hybridized carbons (Fsp3) is 0. The highest BCUT2D eigenvalue weighted by atomic mass is 79.9. The molecule has 0 fully saturated rings. The van der Waals surface area contributed by atoms with Gasteiger partial charge in [-0.3, -0.25) is 4.40 Å². The van der Waals surface area contributed by atoms with E-state index in [0.717, 1.165) is 0 Å². The first-order valence-electron chi connectivity index (χ1n) is 5.12.